The first-order valence-corrected chi connectivity index (χ1v) is 4.24. The van der Waals surface area contributed by atoms with Crippen LogP contribution >= 0.6 is 0 Å². The van der Waals surface area contributed by atoms with Crippen molar-refractivity contribution in [3.63, 3.8) is 0 Å². The zero-order valence-corrected chi connectivity index (χ0v) is 7.87. The molecule has 1 heterocycles. The first-order chi connectivity index (χ1) is 6.08. The van der Waals surface area contributed by atoms with Crippen molar-refractivity contribution in [1.82, 2.24) is 4.98 Å². The molecule has 0 unspecified atom stereocenters. The quantitative estimate of drug-likeness (QED) is 0.768. The van der Waals surface area contributed by atoms with Crippen LogP contribution < -0.4 is 0 Å². The number of aryl methyl sites for hydroxylation is 3. The maximum absolute atomic E-state index is 10.3. The molecule has 0 aliphatic carbocycles. The fourth-order valence-electron chi connectivity index (χ4n) is 1.32. The molecule has 1 N–H and O–H groups in total. The highest BCUT2D eigenvalue weighted by molar-refractivity contribution is 5.67. The number of carbonyl (C=O) groups is 1. The van der Waals surface area contributed by atoms with Crippen LogP contribution in [-0.4, -0.2) is 16.1 Å². The average Bonchev–Trinajstić information content (AvgIpc) is 1.99. The fraction of sp³-hybridized carbons (Fsp3) is 0.400. The van der Waals surface area contributed by atoms with E-state index < -0.39 is 5.97 Å². The number of hydrogen-bond acceptors (Lipinski definition) is 2. The maximum Gasteiger partial charge on any atom is 0.303 e. The van der Waals surface area contributed by atoms with Gasteiger partial charge in [0.15, 0.2) is 0 Å². The lowest BCUT2D eigenvalue weighted by molar-refractivity contribution is -0.136. The second-order valence-corrected chi connectivity index (χ2v) is 3.15. The highest BCUT2D eigenvalue weighted by atomic mass is 16.4. The third-order valence-corrected chi connectivity index (χ3v) is 1.77. The Hall–Kier alpha value is -1.38. The minimum atomic E-state index is -0.757. The van der Waals surface area contributed by atoms with Gasteiger partial charge in [0, 0.05) is 17.8 Å². The molecule has 0 aliphatic rings. The van der Waals surface area contributed by atoms with Crippen molar-refractivity contribution in [3.8, 4) is 0 Å². The van der Waals surface area contributed by atoms with Crippen LogP contribution in [0.25, 0.3) is 0 Å². The summed E-state index contributed by atoms with van der Waals surface area (Å²) in [7, 11) is 0. The van der Waals surface area contributed by atoms with E-state index in [4.69, 9.17) is 5.11 Å². The topological polar surface area (TPSA) is 50.2 Å². The van der Waals surface area contributed by atoms with E-state index in [1.165, 1.54) is 0 Å². The summed E-state index contributed by atoms with van der Waals surface area (Å²) < 4.78 is 0. The SMILES string of the molecule is Cc1cc(CCC(=O)O)cc(C)n1. The van der Waals surface area contributed by atoms with Crippen molar-refractivity contribution in [2.45, 2.75) is 26.7 Å². The molecule has 0 bridgehead atoms. The highest BCUT2D eigenvalue weighted by Crippen LogP contribution is 2.07. The predicted octanol–water partition coefficient (Wildman–Crippen LogP) is 1.72. The molecule has 3 heteroatoms. The van der Waals surface area contributed by atoms with Crippen molar-refractivity contribution in [2.24, 2.45) is 0 Å². The lowest BCUT2D eigenvalue weighted by Gasteiger charge is -2.01. The van der Waals surface area contributed by atoms with Gasteiger partial charge in [-0.3, -0.25) is 9.78 Å². The van der Waals surface area contributed by atoms with Crippen molar-refractivity contribution in [1.29, 1.82) is 0 Å². The van der Waals surface area contributed by atoms with E-state index in [0.29, 0.717) is 6.42 Å². The average molecular weight is 179 g/mol. The van der Waals surface area contributed by atoms with Gasteiger partial charge in [-0.2, -0.15) is 0 Å². The van der Waals surface area contributed by atoms with Gasteiger partial charge >= 0.3 is 5.97 Å². The van der Waals surface area contributed by atoms with Gasteiger partial charge < -0.3 is 5.11 Å². The third-order valence-electron chi connectivity index (χ3n) is 1.77. The minimum Gasteiger partial charge on any atom is -0.481 e. The second kappa shape index (κ2) is 4.03. The summed E-state index contributed by atoms with van der Waals surface area (Å²) in [6.45, 7) is 3.83. The molecule has 0 saturated heterocycles. The Morgan fingerprint density at radius 1 is 1.38 bits per heavy atom. The van der Waals surface area contributed by atoms with Crippen molar-refractivity contribution in [2.75, 3.05) is 0 Å². The largest absolute Gasteiger partial charge is 0.481 e. The first-order valence-electron chi connectivity index (χ1n) is 4.24. The molecular weight excluding hydrogens is 166 g/mol. The zero-order chi connectivity index (χ0) is 9.84. The Labute approximate surface area is 77.4 Å². The monoisotopic (exact) mass is 179 g/mol. The summed E-state index contributed by atoms with van der Waals surface area (Å²) in [4.78, 5) is 14.5. The van der Waals surface area contributed by atoms with E-state index in [1.807, 2.05) is 26.0 Å². The molecule has 0 spiro atoms. The van der Waals surface area contributed by atoms with Crippen molar-refractivity contribution >= 4 is 5.97 Å². The van der Waals surface area contributed by atoms with Gasteiger partial charge in [-0.25, -0.2) is 0 Å². The molecule has 70 valence electrons. The summed E-state index contributed by atoms with van der Waals surface area (Å²) in [5.74, 6) is -0.757. The van der Waals surface area contributed by atoms with E-state index in [9.17, 15) is 4.79 Å². The van der Waals surface area contributed by atoms with Gasteiger partial charge in [0.25, 0.3) is 0 Å². The van der Waals surface area contributed by atoms with Crippen LogP contribution in [0.15, 0.2) is 12.1 Å². The lowest BCUT2D eigenvalue weighted by Crippen LogP contribution is -1.99. The van der Waals surface area contributed by atoms with Gasteiger partial charge in [0.2, 0.25) is 0 Å². The summed E-state index contributed by atoms with van der Waals surface area (Å²) in [5, 5.41) is 8.50. The Balaban J connectivity index is 2.71. The zero-order valence-electron chi connectivity index (χ0n) is 7.87. The van der Waals surface area contributed by atoms with Gasteiger partial charge in [-0.15, -0.1) is 0 Å². The third kappa shape index (κ3) is 3.23. The molecule has 0 aliphatic heterocycles. The molecule has 0 saturated carbocycles. The molecule has 13 heavy (non-hydrogen) atoms. The summed E-state index contributed by atoms with van der Waals surface area (Å²) >= 11 is 0. The number of carboxylic acids is 1. The Kier molecular flexibility index (Phi) is 3.01. The van der Waals surface area contributed by atoms with E-state index in [0.717, 1.165) is 17.0 Å². The second-order valence-electron chi connectivity index (χ2n) is 3.15. The number of carboxylic acid groups (broad SMARTS) is 1. The normalized spacial score (nSPS) is 10.0. The van der Waals surface area contributed by atoms with Crippen LogP contribution in [-0.2, 0) is 11.2 Å². The molecule has 0 atom stereocenters. The summed E-state index contributed by atoms with van der Waals surface area (Å²) in [5.41, 5.74) is 2.94. The number of aromatic nitrogens is 1. The van der Waals surface area contributed by atoms with E-state index in [2.05, 4.69) is 4.98 Å². The first kappa shape index (κ1) is 9.71. The van der Waals surface area contributed by atoms with Crippen LogP contribution in [0.4, 0.5) is 0 Å². The van der Waals surface area contributed by atoms with Crippen molar-refractivity contribution < 1.29 is 9.90 Å². The number of rotatable bonds is 3. The standard InChI is InChI=1S/C10H13NO2/c1-7-5-9(3-4-10(12)13)6-8(2)11-7/h5-6H,3-4H2,1-2H3,(H,12,13). The molecule has 1 aromatic rings. The molecule has 0 fully saturated rings. The molecule has 0 amide bonds. The van der Waals surface area contributed by atoms with E-state index in [-0.39, 0.29) is 6.42 Å². The lowest BCUT2D eigenvalue weighted by atomic mass is 10.1. The molecule has 0 aromatic carbocycles. The Morgan fingerprint density at radius 3 is 2.38 bits per heavy atom. The molecule has 1 rings (SSSR count). The number of hydrogen-bond donors (Lipinski definition) is 1. The van der Waals surface area contributed by atoms with Gasteiger partial charge in [-0.05, 0) is 38.0 Å². The van der Waals surface area contributed by atoms with Crippen LogP contribution in [0.2, 0.25) is 0 Å². The Bertz CT molecular complexity index is 300. The molecule has 3 nitrogen and oxygen atoms in total. The van der Waals surface area contributed by atoms with Crippen LogP contribution in [0, 0.1) is 13.8 Å². The maximum atomic E-state index is 10.3. The van der Waals surface area contributed by atoms with Crippen LogP contribution in [0.1, 0.15) is 23.4 Å². The van der Waals surface area contributed by atoms with Gasteiger partial charge in [0.1, 0.15) is 0 Å². The molecule has 1 aromatic heterocycles. The fourth-order valence-corrected chi connectivity index (χ4v) is 1.32. The van der Waals surface area contributed by atoms with Crippen LogP contribution in [0.5, 0.6) is 0 Å². The van der Waals surface area contributed by atoms with Crippen molar-refractivity contribution in [3.05, 3.63) is 29.1 Å². The highest BCUT2D eigenvalue weighted by Gasteiger charge is 2.00. The minimum absolute atomic E-state index is 0.183. The summed E-state index contributed by atoms with van der Waals surface area (Å²) in [6.07, 6.45) is 0.766. The predicted molar refractivity (Wildman–Crippen MR) is 49.7 cm³/mol. The number of nitrogens with zero attached hydrogens (tertiary/aromatic N) is 1. The number of pyridine rings is 1. The van der Waals surface area contributed by atoms with Crippen LogP contribution in [0.3, 0.4) is 0 Å². The molecular formula is C10H13NO2. The molecule has 0 radical (unpaired) electrons. The van der Waals surface area contributed by atoms with Gasteiger partial charge in [0.05, 0.1) is 0 Å². The smallest absolute Gasteiger partial charge is 0.303 e. The van der Waals surface area contributed by atoms with Gasteiger partial charge in [-0.1, -0.05) is 0 Å². The number of aliphatic carboxylic acids is 1. The Morgan fingerprint density at radius 2 is 1.92 bits per heavy atom. The van der Waals surface area contributed by atoms with E-state index >= 15 is 0 Å². The van der Waals surface area contributed by atoms with E-state index in [1.54, 1.807) is 0 Å². The summed E-state index contributed by atoms with van der Waals surface area (Å²) in [6, 6.07) is 3.85.